The second kappa shape index (κ2) is 3.56. The minimum absolute atomic E-state index is 0.214. The first kappa shape index (κ1) is 9.45. The highest BCUT2D eigenvalue weighted by atomic mass is 16.6. The normalized spacial score (nSPS) is 10.5. The van der Waals surface area contributed by atoms with Crippen molar-refractivity contribution in [2.75, 3.05) is 5.73 Å². The second-order valence-corrected chi connectivity index (χ2v) is 3.19. The van der Waals surface area contributed by atoms with Crippen molar-refractivity contribution >= 4 is 5.69 Å². The Labute approximate surface area is 85.3 Å². The quantitative estimate of drug-likeness (QED) is 0.756. The van der Waals surface area contributed by atoms with Gasteiger partial charge in [0.15, 0.2) is 0 Å². The van der Waals surface area contributed by atoms with Crippen molar-refractivity contribution in [2.24, 2.45) is 0 Å². The highest BCUT2D eigenvalue weighted by Crippen LogP contribution is 2.02. The smallest absolute Gasteiger partial charge is 0.274 e. The molecular weight excluding hydrogens is 196 g/mol. The van der Waals surface area contributed by atoms with E-state index in [0.29, 0.717) is 17.9 Å². The van der Waals surface area contributed by atoms with E-state index in [1.165, 1.54) is 4.57 Å². The molecule has 0 atom stereocenters. The van der Waals surface area contributed by atoms with E-state index in [0.717, 1.165) is 0 Å². The Balaban J connectivity index is 2.37. The molecule has 2 heterocycles. The van der Waals surface area contributed by atoms with E-state index in [1.807, 2.05) is 0 Å². The number of nitrogens with zero attached hydrogens (tertiary/aromatic N) is 3. The molecular formula is C9H10N4O2. The Bertz CT molecular complexity index is 529. The van der Waals surface area contributed by atoms with Crippen molar-refractivity contribution in [3.63, 3.8) is 0 Å². The maximum Gasteiger partial charge on any atom is 0.274 e. The zero-order valence-corrected chi connectivity index (χ0v) is 8.17. The molecule has 0 unspecified atom stereocenters. The molecule has 2 aromatic heterocycles. The monoisotopic (exact) mass is 206 g/mol. The van der Waals surface area contributed by atoms with E-state index in [1.54, 1.807) is 25.3 Å². The van der Waals surface area contributed by atoms with Gasteiger partial charge in [0.1, 0.15) is 11.4 Å². The van der Waals surface area contributed by atoms with Crippen LogP contribution < -0.4 is 11.3 Å². The number of hydrogen-bond acceptors (Lipinski definition) is 5. The summed E-state index contributed by atoms with van der Waals surface area (Å²) in [5.74, 6) is 0. The van der Waals surface area contributed by atoms with Gasteiger partial charge in [-0.25, -0.2) is 4.63 Å². The van der Waals surface area contributed by atoms with Crippen LogP contribution in [0.4, 0.5) is 5.69 Å². The summed E-state index contributed by atoms with van der Waals surface area (Å²) in [4.78, 5) is 11.6. The molecule has 0 aromatic carbocycles. The molecule has 0 amide bonds. The van der Waals surface area contributed by atoms with E-state index in [-0.39, 0.29) is 11.2 Å². The molecule has 0 bridgehead atoms. The molecule has 0 aliphatic carbocycles. The number of aryl methyl sites for hydroxylation is 1. The number of aromatic nitrogens is 3. The van der Waals surface area contributed by atoms with Crippen LogP contribution in [-0.2, 0) is 6.54 Å². The number of nitrogen functional groups attached to an aromatic ring is 1. The third-order valence-corrected chi connectivity index (χ3v) is 2.12. The van der Waals surface area contributed by atoms with Gasteiger partial charge in [-0.05, 0) is 19.1 Å². The maximum atomic E-state index is 11.6. The zero-order valence-electron chi connectivity index (χ0n) is 8.17. The van der Waals surface area contributed by atoms with Gasteiger partial charge in [-0.15, -0.1) is 0 Å². The fraction of sp³-hybridized carbons (Fsp3) is 0.222. The van der Waals surface area contributed by atoms with Crippen molar-refractivity contribution in [1.29, 1.82) is 0 Å². The Hall–Kier alpha value is -2.11. The molecule has 15 heavy (non-hydrogen) atoms. The van der Waals surface area contributed by atoms with Crippen LogP contribution in [-0.4, -0.2) is 14.9 Å². The predicted molar refractivity (Wildman–Crippen MR) is 53.3 cm³/mol. The van der Waals surface area contributed by atoms with Gasteiger partial charge in [-0.3, -0.25) is 4.79 Å². The van der Waals surface area contributed by atoms with Gasteiger partial charge >= 0.3 is 0 Å². The summed E-state index contributed by atoms with van der Waals surface area (Å²) in [6.45, 7) is 2.09. The molecule has 2 rings (SSSR count). The number of anilines is 1. The van der Waals surface area contributed by atoms with Crippen LogP contribution in [0.5, 0.6) is 0 Å². The minimum Gasteiger partial charge on any atom is -0.394 e. The lowest BCUT2D eigenvalue weighted by Gasteiger charge is -2.03. The minimum atomic E-state index is -0.236. The van der Waals surface area contributed by atoms with Crippen molar-refractivity contribution in [3.8, 4) is 0 Å². The first-order valence-electron chi connectivity index (χ1n) is 4.41. The van der Waals surface area contributed by atoms with Crippen molar-refractivity contribution in [2.45, 2.75) is 13.5 Å². The first-order chi connectivity index (χ1) is 7.18. The van der Waals surface area contributed by atoms with E-state index in [4.69, 9.17) is 5.73 Å². The lowest BCUT2D eigenvalue weighted by atomic mass is 10.3. The summed E-state index contributed by atoms with van der Waals surface area (Å²) in [5.41, 5.74) is 6.77. The van der Waals surface area contributed by atoms with Gasteiger partial charge in [0.2, 0.25) is 0 Å². The topological polar surface area (TPSA) is 86.9 Å². The van der Waals surface area contributed by atoms with Gasteiger partial charge in [0, 0.05) is 6.20 Å². The fourth-order valence-electron chi connectivity index (χ4n) is 1.23. The lowest BCUT2D eigenvalue weighted by molar-refractivity contribution is 0.300. The first-order valence-corrected chi connectivity index (χ1v) is 4.41. The lowest BCUT2D eigenvalue weighted by Crippen LogP contribution is -2.22. The summed E-state index contributed by atoms with van der Waals surface area (Å²) in [7, 11) is 0. The van der Waals surface area contributed by atoms with Crippen molar-refractivity contribution in [3.05, 3.63) is 40.1 Å². The van der Waals surface area contributed by atoms with Crippen LogP contribution in [0, 0.1) is 6.92 Å². The zero-order chi connectivity index (χ0) is 10.8. The Morgan fingerprint density at radius 2 is 2.33 bits per heavy atom. The van der Waals surface area contributed by atoms with Crippen LogP contribution in [0.15, 0.2) is 27.8 Å². The second-order valence-electron chi connectivity index (χ2n) is 3.19. The summed E-state index contributed by atoms with van der Waals surface area (Å²) in [6, 6.07) is 3.27. The summed E-state index contributed by atoms with van der Waals surface area (Å²) in [5, 5.41) is 7.33. The SMILES string of the molecule is Cc1nonc1Cn1cccc(N)c1=O. The van der Waals surface area contributed by atoms with Gasteiger partial charge in [0.25, 0.3) is 5.56 Å². The molecule has 6 heteroatoms. The van der Waals surface area contributed by atoms with Gasteiger partial charge in [0.05, 0.1) is 12.2 Å². The molecule has 0 radical (unpaired) electrons. The average Bonchev–Trinajstić information content (AvgIpc) is 2.60. The van der Waals surface area contributed by atoms with Crippen molar-refractivity contribution in [1.82, 2.24) is 14.9 Å². The number of hydrogen-bond donors (Lipinski definition) is 1. The third-order valence-electron chi connectivity index (χ3n) is 2.12. The van der Waals surface area contributed by atoms with E-state index >= 15 is 0 Å². The standard InChI is InChI=1S/C9H10N4O2/c1-6-8(12-15-11-6)5-13-4-2-3-7(10)9(13)14/h2-4H,5,10H2,1H3. The molecule has 2 aromatic rings. The van der Waals surface area contributed by atoms with E-state index < -0.39 is 0 Å². The Morgan fingerprint density at radius 1 is 1.53 bits per heavy atom. The highest BCUT2D eigenvalue weighted by molar-refractivity contribution is 5.33. The highest BCUT2D eigenvalue weighted by Gasteiger charge is 2.07. The average molecular weight is 206 g/mol. The Morgan fingerprint density at radius 3 is 3.00 bits per heavy atom. The molecule has 2 N–H and O–H groups in total. The molecule has 0 saturated carbocycles. The molecule has 0 spiro atoms. The maximum absolute atomic E-state index is 11.6. The summed E-state index contributed by atoms with van der Waals surface area (Å²) < 4.78 is 6.00. The predicted octanol–water partition coefficient (Wildman–Crippen LogP) is 0.170. The van der Waals surface area contributed by atoms with Crippen molar-refractivity contribution < 1.29 is 4.63 Å². The Kier molecular flexibility index (Phi) is 2.24. The third kappa shape index (κ3) is 1.74. The largest absolute Gasteiger partial charge is 0.394 e. The number of pyridine rings is 1. The number of nitrogens with two attached hydrogens (primary N) is 1. The molecule has 0 aliphatic heterocycles. The number of rotatable bonds is 2. The molecule has 0 fully saturated rings. The molecule has 78 valence electrons. The van der Waals surface area contributed by atoms with Crippen LogP contribution in [0.1, 0.15) is 11.4 Å². The summed E-state index contributed by atoms with van der Waals surface area (Å²) in [6.07, 6.45) is 1.65. The fourth-order valence-corrected chi connectivity index (χ4v) is 1.23. The van der Waals surface area contributed by atoms with Crippen LogP contribution >= 0.6 is 0 Å². The summed E-state index contributed by atoms with van der Waals surface area (Å²) >= 11 is 0. The van der Waals surface area contributed by atoms with Crippen LogP contribution in [0.25, 0.3) is 0 Å². The van der Waals surface area contributed by atoms with E-state index in [9.17, 15) is 4.79 Å². The van der Waals surface area contributed by atoms with Gasteiger partial charge < -0.3 is 10.3 Å². The van der Waals surface area contributed by atoms with Gasteiger partial charge in [-0.1, -0.05) is 10.3 Å². The molecule has 6 nitrogen and oxygen atoms in total. The van der Waals surface area contributed by atoms with Crippen LogP contribution in [0.3, 0.4) is 0 Å². The van der Waals surface area contributed by atoms with Gasteiger partial charge in [-0.2, -0.15) is 0 Å². The molecule has 0 aliphatic rings. The van der Waals surface area contributed by atoms with Crippen LogP contribution in [0.2, 0.25) is 0 Å². The molecule has 0 saturated heterocycles. The van der Waals surface area contributed by atoms with E-state index in [2.05, 4.69) is 14.9 Å².